The Kier molecular flexibility index (Phi) is 4.61. The topological polar surface area (TPSA) is 29.9 Å². The Morgan fingerprint density at radius 1 is 1.20 bits per heavy atom. The summed E-state index contributed by atoms with van der Waals surface area (Å²) in [5.74, 6) is 0. The number of aryl methyl sites for hydroxylation is 3. The van der Waals surface area contributed by atoms with Crippen LogP contribution in [0.3, 0.4) is 0 Å². The van der Waals surface area contributed by atoms with Gasteiger partial charge in [0, 0.05) is 6.54 Å². The molecule has 2 aromatic rings. The first-order valence-corrected chi connectivity index (χ1v) is 7.42. The lowest BCUT2D eigenvalue weighted by molar-refractivity contribution is 0.539. The number of hydrogen-bond acceptors (Lipinski definition) is 2. The van der Waals surface area contributed by atoms with Crippen LogP contribution in [-0.4, -0.2) is 16.3 Å². The van der Waals surface area contributed by atoms with Crippen LogP contribution in [0.2, 0.25) is 0 Å². The SMILES string of the molecule is CCNC(c1cccc(C)c1C)c1cc(C)nn1CC. The minimum atomic E-state index is 0.209. The number of nitrogens with one attached hydrogen (secondary N) is 1. The second-order valence-corrected chi connectivity index (χ2v) is 5.31. The van der Waals surface area contributed by atoms with Crippen LogP contribution < -0.4 is 5.32 Å². The molecule has 1 heterocycles. The average Bonchev–Trinajstić information content (AvgIpc) is 2.80. The molecule has 1 atom stereocenters. The molecule has 2 rings (SSSR count). The normalized spacial score (nSPS) is 12.7. The Balaban J connectivity index is 2.53. The van der Waals surface area contributed by atoms with Crippen molar-refractivity contribution in [2.75, 3.05) is 6.54 Å². The highest BCUT2D eigenvalue weighted by Gasteiger charge is 2.20. The molecule has 3 nitrogen and oxygen atoms in total. The van der Waals surface area contributed by atoms with Gasteiger partial charge in [-0.3, -0.25) is 4.68 Å². The van der Waals surface area contributed by atoms with Gasteiger partial charge in [-0.15, -0.1) is 0 Å². The van der Waals surface area contributed by atoms with E-state index in [9.17, 15) is 0 Å². The van der Waals surface area contributed by atoms with Gasteiger partial charge in [0.05, 0.1) is 17.4 Å². The highest BCUT2D eigenvalue weighted by Crippen LogP contribution is 2.27. The quantitative estimate of drug-likeness (QED) is 0.901. The van der Waals surface area contributed by atoms with Crippen molar-refractivity contribution >= 4 is 0 Å². The number of hydrogen-bond donors (Lipinski definition) is 1. The molecule has 108 valence electrons. The molecule has 1 aromatic carbocycles. The molecule has 1 aromatic heterocycles. The summed E-state index contributed by atoms with van der Waals surface area (Å²) in [6.45, 7) is 12.6. The summed E-state index contributed by atoms with van der Waals surface area (Å²) in [6.07, 6.45) is 0. The van der Waals surface area contributed by atoms with Gasteiger partial charge < -0.3 is 5.32 Å². The fourth-order valence-electron chi connectivity index (χ4n) is 2.72. The standard InChI is InChI=1S/C17H25N3/c1-6-18-17(15-10-8-9-12(3)14(15)5)16-11-13(4)19-20(16)7-2/h8-11,17-18H,6-7H2,1-5H3. The number of aromatic nitrogens is 2. The molecule has 0 bridgehead atoms. The second kappa shape index (κ2) is 6.23. The fourth-order valence-corrected chi connectivity index (χ4v) is 2.72. The molecule has 1 unspecified atom stereocenters. The van der Waals surface area contributed by atoms with Crippen molar-refractivity contribution < 1.29 is 0 Å². The average molecular weight is 271 g/mol. The minimum absolute atomic E-state index is 0.209. The van der Waals surface area contributed by atoms with Crippen LogP contribution in [0.25, 0.3) is 0 Å². The molecule has 0 aliphatic heterocycles. The van der Waals surface area contributed by atoms with E-state index in [1.807, 2.05) is 0 Å². The summed E-state index contributed by atoms with van der Waals surface area (Å²) in [7, 11) is 0. The van der Waals surface area contributed by atoms with Gasteiger partial charge in [0.2, 0.25) is 0 Å². The van der Waals surface area contributed by atoms with E-state index in [-0.39, 0.29) is 6.04 Å². The molecule has 0 saturated carbocycles. The first-order valence-electron chi connectivity index (χ1n) is 7.42. The van der Waals surface area contributed by atoms with E-state index in [2.05, 4.69) is 74.0 Å². The molecule has 0 aliphatic rings. The maximum Gasteiger partial charge on any atom is 0.0750 e. The summed E-state index contributed by atoms with van der Waals surface area (Å²) >= 11 is 0. The Hall–Kier alpha value is -1.61. The third-order valence-corrected chi connectivity index (χ3v) is 3.89. The first-order chi connectivity index (χ1) is 9.58. The predicted molar refractivity (Wildman–Crippen MR) is 84.1 cm³/mol. The van der Waals surface area contributed by atoms with Crippen molar-refractivity contribution in [2.45, 2.75) is 47.2 Å². The van der Waals surface area contributed by atoms with Crippen LogP contribution in [0.4, 0.5) is 0 Å². The molecule has 3 heteroatoms. The Morgan fingerprint density at radius 3 is 2.60 bits per heavy atom. The van der Waals surface area contributed by atoms with E-state index in [0.29, 0.717) is 0 Å². The Labute approximate surface area is 122 Å². The number of rotatable bonds is 5. The Morgan fingerprint density at radius 2 is 1.95 bits per heavy atom. The van der Waals surface area contributed by atoms with Gasteiger partial charge in [0.25, 0.3) is 0 Å². The lowest BCUT2D eigenvalue weighted by atomic mass is 9.95. The molecule has 0 fully saturated rings. The maximum absolute atomic E-state index is 4.59. The van der Waals surface area contributed by atoms with Crippen LogP contribution in [0.5, 0.6) is 0 Å². The molecule has 0 amide bonds. The maximum atomic E-state index is 4.59. The minimum Gasteiger partial charge on any atom is -0.305 e. The van der Waals surface area contributed by atoms with Crippen LogP contribution >= 0.6 is 0 Å². The van der Waals surface area contributed by atoms with Gasteiger partial charge >= 0.3 is 0 Å². The van der Waals surface area contributed by atoms with E-state index >= 15 is 0 Å². The number of benzene rings is 1. The van der Waals surface area contributed by atoms with Gasteiger partial charge in [-0.1, -0.05) is 25.1 Å². The summed E-state index contributed by atoms with van der Waals surface area (Å²) in [4.78, 5) is 0. The first kappa shape index (κ1) is 14.8. The molecule has 20 heavy (non-hydrogen) atoms. The predicted octanol–water partition coefficient (Wildman–Crippen LogP) is 3.53. The van der Waals surface area contributed by atoms with Crippen LogP contribution in [0, 0.1) is 20.8 Å². The molecule has 0 saturated heterocycles. The molecule has 1 N–H and O–H groups in total. The zero-order valence-electron chi connectivity index (χ0n) is 13.2. The van der Waals surface area contributed by atoms with Gasteiger partial charge in [-0.25, -0.2) is 0 Å². The van der Waals surface area contributed by atoms with Crippen molar-refractivity contribution in [3.8, 4) is 0 Å². The molecule has 0 aliphatic carbocycles. The highest BCUT2D eigenvalue weighted by molar-refractivity contribution is 5.39. The van der Waals surface area contributed by atoms with E-state index in [0.717, 1.165) is 18.8 Å². The monoisotopic (exact) mass is 271 g/mol. The molecule has 0 spiro atoms. The fraction of sp³-hybridized carbons (Fsp3) is 0.471. The van der Waals surface area contributed by atoms with Gasteiger partial charge in [-0.2, -0.15) is 5.10 Å². The third-order valence-electron chi connectivity index (χ3n) is 3.89. The van der Waals surface area contributed by atoms with Gasteiger partial charge in [0.1, 0.15) is 0 Å². The van der Waals surface area contributed by atoms with Crippen LogP contribution in [0.1, 0.15) is 48.0 Å². The summed E-state index contributed by atoms with van der Waals surface area (Å²) in [6, 6.07) is 8.93. The molecule has 0 radical (unpaired) electrons. The zero-order valence-corrected chi connectivity index (χ0v) is 13.2. The smallest absolute Gasteiger partial charge is 0.0750 e. The van der Waals surface area contributed by atoms with E-state index < -0.39 is 0 Å². The van der Waals surface area contributed by atoms with Crippen LogP contribution in [-0.2, 0) is 6.54 Å². The van der Waals surface area contributed by atoms with Crippen molar-refractivity contribution in [3.63, 3.8) is 0 Å². The largest absolute Gasteiger partial charge is 0.305 e. The van der Waals surface area contributed by atoms with E-state index in [1.54, 1.807) is 0 Å². The summed E-state index contributed by atoms with van der Waals surface area (Å²) in [5, 5.41) is 8.20. The molecular formula is C17H25N3. The van der Waals surface area contributed by atoms with Crippen molar-refractivity contribution in [3.05, 3.63) is 52.3 Å². The lowest BCUT2D eigenvalue weighted by Crippen LogP contribution is -2.25. The molecular weight excluding hydrogens is 246 g/mol. The van der Waals surface area contributed by atoms with Crippen molar-refractivity contribution in [2.24, 2.45) is 0 Å². The number of nitrogens with zero attached hydrogens (tertiary/aromatic N) is 2. The summed E-state index contributed by atoms with van der Waals surface area (Å²) < 4.78 is 2.10. The van der Waals surface area contributed by atoms with Gasteiger partial charge in [0.15, 0.2) is 0 Å². The second-order valence-electron chi connectivity index (χ2n) is 5.31. The van der Waals surface area contributed by atoms with Crippen molar-refractivity contribution in [1.82, 2.24) is 15.1 Å². The van der Waals surface area contributed by atoms with E-state index in [1.165, 1.54) is 22.4 Å². The van der Waals surface area contributed by atoms with Crippen molar-refractivity contribution in [1.29, 1.82) is 0 Å². The van der Waals surface area contributed by atoms with Crippen LogP contribution in [0.15, 0.2) is 24.3 Å². The third kappa shape index (κ3) is 2.78. The van der Waals surface area contributed by atoms with Gasteiger partial charge in [-0.05, 0) is 57.0 Å². The Bertz CT molecular complexity index is 584. The highest BCUT2D eigenvalue weighted by atomic mass is 15.3. The lowest BCUT2D eigenvalue weighted by Gasteiger charge is -2.22. The zero-order chi connectivity index (χ0) is 14.7. The van der Waals surface area contributed by atoms with E-state index in [4.69, 9.17) is 0 Å². The summed E-state index contributed by atoms with van der Waals surface area (Å²) in [5.41, 5.74) is 6.38.